The Morgan fingerprint density at radius 1 is 1.48 bits per heavy atom. The summed E-state index contributed by atoms with van der Waals surface area (Å²) in [6, 6.07) is 0.341. The van der Waals surface area contributed by atoms with Gasteiger partial charge in [-0.05, 0) is 19.8 Å². The van der Waals surface area contributed by atoms with Crippen molar-refractivity contribution in [2.24, 2.45) is 0 Å². The molecule has 112 valence electrons. The third-order valence-corrected chi connectivity index (χ3v) is 5.00. The van der Waals surface area contributed by atoms with E-state index in [0.29, 0.717) is 6.04 Å². The molecule has 1 aliphatic rings. The number of nitrogens with zero attached hydrogens (tertiary/aromatic N) is 4. The number of piperidine rings is 1. The number of thiazole rings is 1. The molecule has 3 heterocycles. The summed E-state index contributed by atoms with van der Waals surface area (Å²) in [5, 5.41) is 0. The summed E-state index contributed by atoms with van der Waals surface area (Å²) < 4.78 is 2.24. The van der Waals surface area contributed by atoms with Crippen LogP contribution in [0.1, 0.15) is 47.0 Å². The largest absolute Gasteiger partial charge is 0.336 e. The predicted octanol–water partition coefficient (Wildman–Crippen LogP) is 2.69. The van der Waals surface area contributed by atoms with E-state index in [2.05, 4.69) is 21.5 Å². The molecule has 1 saturated heterocycles. The van der Waals surface area contributed by atoms with Crippen LogP contribution in [0, 0.1) is 6.92 Å². The van der Waals surface area contributed by atoms with Gasteiger partial charge in [-0.1, -0.05) is 6.92 Å². The van der Waals surface area contributed by atoms with Crippen molar-refractivity contribution in [3.8, 4) is 0 Å². The number of carbonyl (C=O) groups is 1. The highest BCUT2D eigenvalue weighted by Crippen LogP contribution is 2.25. The monoisotopic (exact) mass is 304 g/mol. The van der Waals surface area contributed by atoms with Gasteiger partial charge < -0.3 is 9.47 Å². The molecule has 1 atom stereocenters. The molecule has 1 aliphatic heterocycles. The van der Waals surface area contributed by atoms with Crippen LogP contribution in [0.2, 0.25) is 0 Å². The fourth-order valence-electron chi connectivity index (χ4n) is 2.97. The Kier molecular flexibility index (Phi) is 4.05. The Balaban J connectivity index is 1.77. The number of hydrogen-bond acceptors (Lipinski definition) is 4. The van der Waals surface area contributed by atoms with Gasteiger partial charge in [-0.25, -0.2) is 9.97 Å². The van der Waals surface area contributed by atoms with Crippen molar-refractivity contribution in [2.45, 2.75) is 39.2 Å². The highest BCUT2D eigenvalue weighted by atomic mass is 32.1. The standard InChI is InChI=1S/C15H20N4OS/c1-3-13-16-6-8-19(13)12-5-4-7-18(9-12)15(20)14-11(2)17-10-21-14/h6,8,10,12H,3-5,7,9H2,1-2H3. The molecule has 0 bridgehead atoms. The van der Waals surface area contributed by atoms with Crippen LogP contribution in [0.3, 0.4) is 0 Å². The van der Waals surface area contributed by atoms with Crippen LogP contribution in [0.15, 0.2) is 17.9 Å². The highest BCUT2D eigenvalue weighted by Gasteiger charge is 2.27. The van der Waals surface area contributed by atoms with Crippen LogP contribution in [0.5, 0.6) is 0 Å². The van der Waals surface area contributed by atoms with E-state index in [9.17, 15) is 4.79 Å². The summed E-state index contributed by atoms with van der Waals surface area (Å²) in [5.41, 5.74) is 2.58. The SMILES string of the molecule is CCc1nccn1C1CCCN(C(=O)c2scnc2C)C1. The number of rotatable bonds is 3. The van der Waals surface area contributed by atoms with Crippen molar-refractivity contribution in [1.82, 2.24) is 19.4 Å². The number of imidazole rings is 1. The second-order valence-corrected chi connectivity index (χ2v) is 6.27. The molecular formula is C15H20N4OS. The van der Waals surface area contributed by atoms with Crippen LogP contribution in [0.4, 0.5) is 0 Å². The first kappa shape index (κ1) is 14.3. The zero-order chi connectivity index (χ0) is 14.8. The zero-order valence-electron chi connectivity index (χ0n) is 12.5. The van der Waals surface area contributed by atoms with Gasteiger partial charge in [-0.15, -0.1) is 11.3 Å². The quantitative estimate of drug-likeness (QED) is 0.876. The number of hydrogen-bond donors (Lipinski definition) is 0. The first-order chi connectivity index (χ1) is 10.2. The van der Waals surface area contributed by atoms with Crippen molar-refractivity contribution in [3.05, 3.63) is 34.3 Å². The van der Waals surface area contributed by atoms with Crippen molar-refractivity contribution in [2.75, 3.05) is 13.1 Å². The van der Waals surface area contributed by atoms with Gasteiger partial charge >= 0.3 is 0 Å². The second kappa shape index (κ2) is 5.97. The molecule has 1 fully saturated rings. The Morgan fingerprint density at radius 3 is 3.05 bits per heavy atom. The Bertz CT molecular complexity index is 633. The molecule has 21 heavy (non-hydrogen) atoms. The molecule has 0 saturated carbocycles. The Labute approximate surface area is 128 Å². The van der Waals surface area contributed by atoms with Gasteiger partial charge in [0.15, 0.2) is 0 Å². The molecule has 1 amide bonds. The summed E-state index contributed by atoms with van der Waals surface area (Å²) in [7, 11) is 0. The zero-order valence-corrected chi connectivity index (χ0v) is 13.3. The molecule has 2 aromatic heterocycles. The molecule has 0 spiro atoms. The van der Waals surface area contributed by atoms with Crippen LogP contribution in [-0.4, -0.2) is 38.4 Å². The van der Waals surface area contributed by atoms with Gasteiger partial charge in [-0.2, -0.15) is 0 Å². The van der Waals surface area contributed by atoms with E-state index in [-0.39, 0.29) is 5.91 Å². The molecule has 6 heteroatoms. The molecule has 0 N–H and O–H groups in total. The second-order valence-electron chi connectivity index (χ2n) is 5.42. The van der Waals surface area contributed by atoms with Gasteiger partial charge in [0.1, 0.15) is 10.7 Å². The average Bonchev–Trinajstić information content (AvgIpc) is 3.15. The van der Waals surface area contributed by atoms with Crippen LogP contribution in [-0.2, 0) is 6.42 Å². The van der Waals surface area contributed by atoms with E-state index in [1.165, 1.54) is 11.3 Å². The Hall–Kier alpha value is -1.69. The number of aromatic nitrogens is 3. The van der Waals surface area contributed by atoms with E-state index in [1.807, 2.05) is 24.2 Å². The van der Waals surface area contributed by atoms with Crippen molar-refractivity contribution >= 4 is 17.2 Å². The maximum Gasteiger partial charge on any atom is 0.265 e. The van der Waals surface area contributed by atoms with Crippen LogP contribution in [0.25, 0.3) is 0 Å². The summed E-state index contributed by atoms with van der Waals surface area (Å²) in [6.07, 6.45) is 6.96. The smallest absolute Gasteiger partial charge is 0.265 e. The van der Waals surface area contributed by atoms with Crippen molar-refractivity contribution in [1.29, 1.82) is 0 Å². The third kappa shape index (κ3) is 2.72. The summed E-state index contributed by atoms with van der Waals surface area (Å²) >= 11 is 1.44. The van der Waals surface area contributed by atoms with Gasteiger partial charge in [-0.3, -0.25) is 4.79 Å². The van der Waals surface area contributed by atoms with Gasteiger partial charge in [0.2, 0.25) is 0 Å². The molecule has 1 unspecified atom stereocenters. The molecule has 5 nitrogen and oxygen atoms in total. The third-order valence-electron chi connectivity index (χ3n) is 4.08. The van der Waals surface area contributed by atoms with Crippen LogP contribution < -0.4 is 0 Å². The fourth-order valence-corrected chi connectivity index (χ4v) is 3.74. The van der Waals surface area contributed by atoms with E-state index in [0.717, 1.165) is 48.7 Å². The normalized spacial score (nSPS) is 19.0. The maximum atomic E-state index is 12.6. The number of aryl methyl sites for hydroxylation is 2. The maximum absolute atomic E-state index is 12.6. The molecule has 2 aromatic rings. The van der Waals surface area contributed by atoms with E-state index in [1.54, 1.807) is 5.51 Å². The molecular weight excluding hydrogens is 284 g/mol. The van der Waals surface area contributed by atoms with Gasteiger partial charge in [0.05, 0.1) is 17.2 Å². The number of amides is 1. The number of likely N-dealkylation sites (tertiary alicyclic amines) is 1. The lowest BCUT2D eigenvalue weighted by Crippen LogP contribution is -2.40. The molecule has 0 aromatic carbocycles. The van der Waals surface area contributed by atoms with E-state index >= 15 is 0 Å². The minimum absolute atomic E-state index is 0.123. The first-order valence-electron chi connectivity index (χ1n) is 7.41. The lowest BCUT2D eigenvalue weighted by atomic mass is 10.0. The lowest BCUT2D eigenvalue weighted by molar-refractivity contribution is 0.0682. The number of carbonyl (C=O) groups excluding carboxylic acids is 1. The van der Waals surface area contributed by atoms with Crippen molar-refractivity contribution < 1.29 is 4.79 Å². The minimum Gasteiger partial charge on any atom is -0.336 e. The topological polar surface area (TPSA) is 51.0 Å². The Morgan fingerprint density at radius 2 is 2.33 bits per heavy atom. The van der Waals surface area contributed by atoms with Crippen molar-refractivity contribution in [3.63, 3.8) is 0 Å². The van der Waals surface area contributed by atoms with E-state index in [4.69, 9.17) is 0 Å². The minimum atomic E-state index is 0.123. The highest BCUT2D eigenvalue weighted by molar-refractivity contribution is 7.11. The fraction of sp³-hybridized carbons (Fsp3) is 0.533. The lowest BCUT2D eigenvalue weighted by Gasteiger charge is -2.34. The summed E-state index contributed by atoms with van der Waals surface area (Å²) in [4.78, 5) is 23.9. The molecule has 3 rings (SSSR count). The summed E-state index contributed by atoms with van der Waals surface area (Å²) in [6.45, 7) is 5.61. The average molecular weight is 304 g/mol. The molecule has 0 aliphatic carbocycles. The van der Waals surface area contributed by atoms with Crippen LogP contribution >= 0.6 is 11.3 Å². The van der Waals surface area contributed by atoms with Gasteiger partial charge in [0, 0.05) is 31.9 Å². The summed E-state index contributed by atoms with van der Waals surface area (Å²) in [5.74, 6) is 1.22. The van der Waals surface area contributed by atoms with Gasteiger partial charge in [0.25, 0.3) is 5.91 Å². The first-order valence-corrected chi connectivity index (χ1v) is 8.29. The van der Waals surface area contributed by atoms with E-state index < -0.39 is 0 Å². The molecule has 0 radical (unpaired) electrons. The predicted molar refractivity (Wildman–Crippen MR) is 82.6 cm³/mol.